The molecule has 0 radical (unpaired) electrons. The molecule has 1 heterocycles. The number of ketones is 1. The van der Waals surface area contributed by atoms with Crippen molar-refractivity contribution in [2.75, 3.05) is 13.1 Å². The van der Waals surface area contributed by atoms with Crippen molar-refractivity contribution in [3.8, 4) is 0 Å². The van der Waals surface area contributed by atoms with Gasteiger partial charge in [0.05, 0.1) is 0 Å². The number of benzene rings is 1. The summed E-state index contributed by atoms with van der Waals surface area (Å²) < 4.78 is 13.9. The van der Waals surface area contributed by atoms with Gasteiger partial charge in [-0.3, -0.25) is 4.79 Å². The molecule has 0 bridgehead atoms. The molecule has 2 rings (SSSR count). The fourth-order valence-corrected chi connectivity index (χ4v) is 2.69. The van der Waals surface area contributed by atoms with Gasteiger partial charge in [-0.2, -0.15) is 0 Å². The van der Waals surface area contributed by atoms with Crippen LogP contribution in [0.1, 0.15) is 25.3 Å². The molecule has 1 fully saturated rings. The van der Waals surface area contributed by atoms with Gasteiger partial charge in [0.25, 0.3) is 0 Å². The van der Waals surface area contributed by atoms with Crippen LogP contribution in [0.5, 0.6) is 0 Å². The number of halogens is 2. The maximum atomic E-state index is 13.9. The highest BCUT2D eigenvalue weighted by Gasteiger charge is 2.36. The minimum absolute atomic E-state index is 0.0206. The Bertz CT molecular complexity index is 461. The molecular weight excluding hydrogens is 253 g/mol. The highest BCUT2D eigenvalue weighted by atomic mass is 35.5. The van der Waals surface area contributed by atoms with Gasteiger partial charge in [0.1, 0.15) is 11.6 Å². The lowest BCUT2D eigenvalue weighted by atomic mass is 9.82. The third-order valence-corrected chi connectivity index (χ3v) is 3.75. The van der Waals surface area contributed by atoms with Gasteiger partial charge >= 0.3 is 0 Å². The van der Waals surface area contributed by atoms with E-state index in [-0.39, 0.29) is 29.4 Å². The molecule has 4 heteroatoms. The highest BCUT2D eigenvalue weighted by molar-refractivity contribution is 6.30. The summed E-state index contributed by atoms with van der Waals surface area (Å²) >= 11 is 5.75. The molecule has 1 aromatic carbocycles. The first kappa shape index (κ1) is 13.5. The number of carbonyl (C=O) groups excluding carboxylic acids is 1. The zero-order chi connectivity index (χ0) is 13.3. The summed E-state index contributed by atoms with van der Waals surface area (Å²) in [6.07, 6.45) is 0. The quantitative estimate of drug-likeness (QED) is 0.914. The number of nitrogens with one attached hydrogen (secondary N) is 1. The van der Waals surface area contributed by atoms with E-state index in [1.165, 1.54) is 6.07 Å². The lowest BCUT2D eigenvalue weighted by Gasteiger charge is -2.20. The second kappa shape index (κ2) is 5.37. The Labute approximate surface area is 112 Å². The van der Waals surface area contributed by atoms with Crippen LogP contribution in [0.25, 0.3) is 0 Å². The molecule has 18 heavy (non-hydrogen) atoms. The molecule has 98 valence electrons. The molecule has 1 aliphatic rings. The van der Waals surface area contributed by atoms with Gasteiger partial charge in [-0.05, 0) is 17.7 Å². The van der Waals surface area contributed by atoms with E-state index in [1.54, 1.807) is 12.1 Å². The van der Waals surface area contributed by atoms with Gasteiger partial charge in [0.15, 0.2) is 0 Å². The van der Waals surface area contributed by atoms with Crippen molar-refractivity contribution in [2.45, 2.75) is 19.8 Å². The maximum absolute atomic E-state index is 13.9. The first-order chi connectivity index (χ1) is 8.50. The average molecular weight is 270 g/mol. The number of carbonyl (C=O) groups is 1. The molecule has 0 aromatic heterocycles. The summed E-state index contributed by atoms with van der Waals surface area (Å²) in [6, 6.07) is 4.68. The summed E-state index contributed by atoms with van der Waals surface area (Å²) in [5.74, 6) is -0.372. The Kier molecular flexibility index (Phi) is 4.03. The van der Waals surface area contributed by atoms with Crippen LogP contribution in [0.2, 0.25) is 5.02 Å². The zero-order valence-electron chi connectivity index (χ0n) is 10.5. The maximum Gasteiger partial charge on any atom is 0.140 e. The topological polar surface area (TPSA) is 29.1 Å². The number of Topliss-reactive ketones (excluding diaryl/α,β-unsaturated/α-hetero) is 1. The molecule has 1 N–H and O–H groups in total. The van der Waals surface area contributed by atoms with Crippen LogP contribution in [0.3, 0.4) is 0 Å². The van der Waals surface area contributed by atoms with E-state index in [0.717, 1.165) is 0 Å². The predicted octanol–water partition coefficient (Wildman–Crippen LogP) is 3.01. The third kappa shape index (κ3) is 2.57. The van der Waals surface area contributed by atoms with Crippen LogP contribution in [0.15, 0.2) is 18.2 Å². The fraction of sp³-hybridized carbons (Fsp3) is 0.500. The first-order valence-corrected chi connectivity index (χ1v) is 6.58. The van der Waals surface area contributed by atoms with Crippen LogP contribution in [0, 0.1) is 17.7 Å². The average Bonchev–Trinajstić information content (AvgIpc) is 2.76. The normalized spacial score (nSPS) is 23.6. The standard InChI is InChI=1S/C14H17ClFNO/c1-8(2)14(18)12-7-17-6-11(12)10-4-3-9(15)5-13(10)16/h3-5,8,11-12,17H,6-7H2,1-2H3/t11-,12+/m0/s1. The SMILES string of the molecule is CC(C)C(=O)[C@@H]1CNC[C@H]1c1ccc(Cl)cc1F. The molecule has 0 spiro atoms. The van der Waals surface area contributed by atoms with Gasteiger partial charge in [-0.15, -0.1) is 0 Å². The second-order valence-electron chi connectivity index (χ2n) is 5.09. The van der Waals surface area contributed by atoms with E-state index in [9.17, 15) is 9.18 Å². The van der Waals surface area contributed by atoms with Gasteiger partial charge in [0, 0.05) is 35.9 Å². The van der Waals surface area contributed by atoms with E-state index in [1.807, 2.05) is 13.8 Å². The Morgan fingerprint density at radius 1 is 1.44 bits per heavy atom. The van der Waals surface area contributed by atoms with Crippen LogP contribution >= 0.6 is 11.6 Å². The molecule has 2 atom stereocenters. The molecule has 0 amide bonds. The molecule has 1 saturated heterocycles. The molecular formula is C14H17ClFNO. The number of hydrogen-bond acceptors (Lipinski definition) is 2. The summed E-state index contributed by atoms with van der Waals surface area (Å²) in [4.78, 5) is 12.1. The van der Waals surface area contributed by atoms with Crippen LogP contribution in [-0.2, 0) is 4.79 Å². The van der Waals surface area contributed by atoms with Crippen molar-refractivity contribution in [1.82, 2.24) is 5.32 Å². The van der Waals surface area contributed by atoms with Gasteiger partial charge < -0.3 is 5.32 Å². The summed E-state index contributed by atoms with van der Waals surface area (Å²) in [5.41, 5.74) is 0.586. The molecule has 0 aliphatic carbocycles. The van der Waals surface area contributed by atoms with E-state index in [4.69, 9.17) is 11.6 Å². The Balaban J connectivity index is 2.29. The Morgan fingerprint density at radius 3 is 2.78 bits per heavy atom. The Morgan fingerprint density at radius 2 is 2.17 bits per heavy atom. The Hall–Kier alpha value is -0.930. The summed E-state index contributed by atoms with van der Waals surface area (Å²) in [5, 5.41) is 3.56. The highest BCUT2D eigenvalue weighted by Crippen LogP contribution is 2.33. The van der Waals surface area contributed by atoms with Crippen molar-refractivity contribution in [1.29, 1.82) is 0 Å². The predicted molar refractivity (Wildman–Crippen MR) is 70.4 cm³/mol. The van der Waals surface area contributed by atoms with Crippen LogP contribution in [-0.4, -0.2) is 18.9 Å². The lowest BCUT2D eigenvalue weighted by molar-refractivity contribution is -0.125. The lowest BCUT2D eigenvalue weighted by Crippen LogP contribution is -2.26. The summed E-state index contributed by atoms with van der Waals surface area (Å²) in [6.45, 7) is 5.04. The van der Waals surface area contributed by atoms with Crippen LogP contribution in [0.4, 0.5) is 4.39 Å². The number of rotatable bonds is 3. The van der Waals surface area contributed by atoms with Gasteiger partial charge in [-0.1, -0.05) is 31.5 Å². The van der Waals surface area contributed by atoms with Gasteiger partial charge in [-0.25, -0.2) is 4.39 Å². The largest absolute Gasteiger partial charge is 0.315 e. The molecule has 1 aromatic rings. The van der Waals surface area contributed by atoms with E-state index in [0.29, 0.717) is 23.7 Å². The van der Waals surface area contributed by atoms with Crippen LogP contribution < -0.4 is 5.32 Å². The molecule has 0 unspecified atom stereocenters. The van der Waals surface area contributed by atoms with Crippen molar-refractivity contribution in [3.05, 3.63) is 34.6 Å². The first-order valence-electron chi connectivity index (χ1n) is 6.20. The monoisotopic (exact) mass is 269 g/mol. The van der Waals surface area contributed by atoms with Crippen molar-refractivity contribution >= 4 is 17.4 Å². The second-order valence-corrected chi connectivity index (χ2v) is 5.53. The third-order valence-electron chi connectivity index (χ3n) is 3.51. The van der Waals surface area contributed by atoms with Gasteiger partial charge in [0.2, 0.25) is 0 Å². The van der Waals surface area contributed by atoms with E-state index < -0.39 is 0 Å². The number of hydrogen-bond donors (Lipinski definition) is 1. The minimum atomic E-state index is -0.322. The smallest absolute Gasteiger partial charge is 0.140 e. The summed E-state index contributed by atoms with van der Waals surface area (Å²) in [7, 11) is 0. The molecule has 0 saturated carbocycles. The van der Waals surface area contributed by atoms with Crippen molar-refractivity contribution in [3.63, 3.8) is 0 Å². The minimum Gasteiger partial charge on any atom is -0.315 e. The zero-order valence-corrected chi connectivity index (χ0v) is 11.3. The van der Waals surface area contributed by atoms with E-state index in [2.05, 4.69) is 5.32 Å². The van der Waals surface area contributed by atoms with E-state index >= 15 is 0 Å². The molecule has 2 nitrogen and oxygen atoms in total. The fourth-order valence-electron chi connectivity index (χ4n) is 2.53. The van der Waals surface area contributed by atoms with Crippen molar-refractivity contribution in [2.24, 2.45) is 11.8 Å². The molecule has 1 aliphatic heterocycles. The van der Waals surface area contributed by atoms with Crippen molar-refractivity contribution < 1.29 is 9.18 Å².